The number of thioether (sulfide) groups is 1. The Hall–Kier alpha value is -1.58. The van der Waals surface area contributed by atoms with Crippen LogP contribution in [0, 0.1) is 16.7 Å². The molecule has 0 aliphatic rings. The maximum atomic E-state index is 12.2. The van der Waals surface area contributed by atoms with Gasteiger partial charge in [-0.25, -0.2) is 0 Å². The van der Waals surface area contributed by atoms with E-state index in [9.17, 15) is 10.1 Å². The van der Waals surface area contributed by atoms with Crippen LogP contribution >= 0.6 is 24.0 Å². The van der Waals surface area contributed by atoms with Gasteiger partial charge in [-0.05, 0) is 37.9 Å². The predicted octanol–water partition coefficient (Wildman–Crippen LogP) is 3.49. The van der Waals surface area contributed by atoms with Crippen LogP contribution < -0.4 is 0 Å². The monoisotopic (exact) mass is 323 g/mol. The van der Waals surface area contributed by atoms with Crippen molar-refractivity contribution in [3.8, 4) is 6.07 Å². The van der Waals surface area contributed by atoms with Crippen molar-refractivity contribution in [2.24, 2.45) is 5.41 Å². The maximum absolute atomic E-state index is 12.2. The topological polar surface area (TPSA) is 59.3 Å². The number of hydrogen-bond acceptors (Lipinski definition) is 6. The summed E-state index contributed by atoms with van der Waals surface area (Å²) in [4.78, 5) is 12.2. The van der Waals surface area contributed by atoms with Gasteiger partial charge in [-0.15, -0.1) is 0 Å². The standard InChI is InChI=1S/C15H17NO3S2/c1-11(12-7-5-4-6-8-12)19-13(17)15(2,9-16)10-18-14(20)21-3/h4-8,11H,10H2,1-3H3/t11-,15?/m1/s1. The molecule has 1 unspecified atom stereocenters. The number of rotatable bonds is 5. The Labute approximate surface area is 134 Å². The molecule has 0 N–H and O–H groups in total. The van der Waals surface area contributed by atoms with Crippen LogP contribution in [0.15, 0.2) is 30.3 Å². The Bertz CT molecular complexity index is 542. The van der Waals surface area contributed by atoms with E-state index >= 15 is 0 Å². The summed E-state index contributed by atoms with van der Waals surface area (Å²) in [5.41, 5.74) is -0.519. The Morgan fingerprint density at radius 3 is 2.62 bits per heavy atom. The quantitative estimate of drug-likeness (QED) is 0.611. The van der Waals surface area contributed by atoms with Crippen molar-refractivity contribution in [3.63, 3.8) is 0 Å². The molecule has 112 valence electrons. The molecule has 0 bridgehead atoms. The average Bonchev–Trinajstić information content (AvgIpc) is 2.52. The molecule has 2 atom stereocenters. The lowest BCUT2D eigenvalue weighted by atomic mass is 9.94. The van der Waals surface area contributed by atoms with Crippen molar-refractivity contribution in [1.82, 2.24) is 0 Å². The third-order valence-electron chi connectivity index (χ3n) is 2.90. The van der Waals surface area contributed by atoms with Gasteiger partial charge >= 0.3 is 5.97 Å². The van der Waals surface area contributed by atoms with Crippen LogP contribution in [-0.2, 0) is 14.3 Å². The van der Waals surface area contributed by atoms with Gasteiger partial charge in [0.1, 0.15) is 12.7 Å². The van der Waals surface area contributed by atoms with E-state index in [0.717, 1.165) is 5.56 Å². The normalized spacial score (nSPS) is 14.4. The molecule has 0 aliphatic heterocycles. The van der Waals surface area contributed by atoms with Crippen LogP contribution in [-0.4, -0.2) is 23.2 Å². The first-order chi connectivity index (χ1) is 9.92. The zero-order valence-corrected chi connectivity index (χ0v) is 13.8. The molecular formula is C15H17NO3S2. The molecule has 1 aromatic rings. The number of esters is 1. The second-order valence-electron chi connectivity index (χ2n) is 4.64. The van der Waals surface area contributed by atoms with Crippen LogP contribution in [0.5, 0.6) is 0 Å². The highest BCUT2D eigenvalue weighted by Gasteiger charge is 2.37. The molecule has 1 rings (SSSR count). The van der Waals surface area contributed by atoms with Gasteiger partial charge in [0.25, 0.3) is 0 Å². The number of benzene rings is 1. The van der Waals surface area contributed by atoms with E-state index in [1.807, 2.05) is 36.4 Å². The lowest BCUT2D eigenvalue weighted by Gasteiger charge is -2.22. The number of carbonyl (C=O) groups is 1. The fourth-order valence-corrected chi connectivity index (χ4v) is 1.72. The zero-order valence-electron chi connectivity index (χ0n) is 12.2. The summed E-state index contributed by atoms with van der Waals surface area (Å²) in [6, 6.07) is 11.3. The van der Waals surface area contributed by atoms with E-state index in [1.54, 1.807) is 13.2 Å². The minimum atomic E-state index is -1.39. The minimum Gasteiger partial charge on any atom is -0.476 e. The van der Waals surface area contributed by atoms with Crippen LogP contribution in [0.3, 0.4) is 0 Å². The van der Waals surface area contributed by atoms with Crippen LogP contribution in [0.2, 0.25) is 0 Å². The predicted molar refractivity (Wildman–Crippen MR) is 86.7 cm³/mol. The first-order valence-electron chi connectivity index (χ1n) is 6.31. The van der Waals surface area contributed by atoms with Gasteiger partial charge in [-0.2, -0.15) is 5.26 Å². The van der Waals surface area contributed by atoms with Crippen LogP contribution in [0.25, 0.3) is 0 Å². The molecular weight excluding hydrogens is 306 g/mol. The summed E-state index contributed by atoms with van der Waals surface area (Å²) in [6.07, 6.45) is 1.33. The fourth-order valence-electron chi connectivity index (χ4n) is 1.48. The molecule has 0 saturated heterocycles. The molecule has 0 aliphatic carbocycles. The van der Waals surface area contributed by atoms with E-state index in [-0.39, 0.29) is 6.61 Å². The van der Waals surface area contributed by atoms with Gasteiger partial charge < -0.3 is 9.47 Å². The summed E-state index contributed by atoms with van der Waals surface area (Å²) in [6.45, 7) is 3.12. The van der Waals surface area contributed by atoms with E-state index in [1.165, 1.54) is 18.7 Å². The van der Waals surface area contributed by atoms with Gasteiger partial charge in [0, 0.05) is 0 Å². The second kappa shape index (κ2) is 8.01. The van der Waals surface area contributed by atoms with Crippen molar-refractivity contribution in [2.75, 3.05) is 12.9 Å². The number of thiocarbonyl (C=S) groups is 1. The van der Waals surface area contributed by atoms with Crippen molar-refractivity contribution >= 4 is 34.3 Å². The highest BCUT2D eigenvalue weighted by molar-refractivity contribution is 8.22. The molecule has 0 fully saturated rings. The van der Waals surface area contributed by atoms with Gasteiger partial charge in [0.15, 0.2) is 5.41 Å². The lowest BCUT2D eigenvalue weighted by molar-refractivity contribution is -0.158. The molecule has 0 radical (unpaired) electrons. The number of carbonyl (C=O) groups excluding carboxylic acids is 1. The molecule has 0 spiro atoms. The van der Waals surface area contributed by atoms with E-state index in [4.69, 9.17) is 21.7 Å². The molecule has 0 amide bonds. The minimum absolute atomic E-state index is 0.122. The Morgan fingerprint density at radius 2 is 2.10 bits per heavy atom. The maximum Gasteiger partial charge on any atom is 0.330 e. The van der Waals surface area contributed by atoms with E-state index < -0.39 is 17.5 Å². The van der Waals surface area contributed by atoms with Gasteiger partial charge in [0.05, 0.1) is 6.07 Å². The fraction of sp³-hybridized carbons (Fsp3) is 0.400. The van der Waals surface area contributed by atoms with Crippen molar-refractivity contribution in [1.29, 1.82) is 5.26 Å². The SMILES string of the molecule is CSC(=S)OCC(C)(C#N)C(=O)O[C@H](C)c1ccccc1. The number of hydrogen-bond donors (Lipinski definition) is 0. The number of nitriles is 1. The Morgan fingerprint density at radius 1 is 1.48 bits per heavy atom. The van der Waals surface area contributed by atoms with Gasteiger partial charge in [0.2, 0.25) is 4.38 Å². The van der Waals surface area contributed by atoms with Crippen LogP contribution in [0.4, 0.5) is 0 Å². The summed E-state index contributed by atoms with van der Waals surface area (Å²) < 4.78 is 10.9. The second-order valence-corrected chi connectivity index (χ2v) is 6.05. The van der Waals surface area contributed by atoms with Crippen molar-refractivity contribution < 1.29 is 14.3 Å². The molecule has 0 saturated carbocycles. The lowest BCUT2D eigenvalue weighted by Crippen LogP contribution is -2.34. The molecule has 0 aromatic heterocycles. The third-order valence-corrected chi connectivity index (χ3v) is 3.96. The van der Waals surface area contributed by atoms with Crippen molar-refractivity contribution in [2.45, 2.75) is 20.0 Å². The van der Waals surface area contributed by atoms with Crippen molar-refractivity contribution in [3.05, 3.63) is 35.9 Å². The summed E-state index contributed by atoms with van der Waals surface area (Å²) in [7, 11) is 0. The van der Waals surface area contributed by atoms with E-state index in [2.05, 4.69) is 0 Å². The Kier molecular flexibility index (Phi) is 6.66. The number of nitrogens with zero attached hydrogens (tertiary/aromatic N) is 1. The Balaban J connectivity index is 2.71. The summed E-state index contributed by atoms with van der Waals surface area (Å²) >= 11 is 6.15. The largest absolute Gasteiger partial charge is 0.476 e. The molecule has 1 aromatic carbocycles. The zero-order chi connectivity index (χ0) is 15.9. The number of ether oxygens (including phenoxy) is 2. The highest BCUT2D eigenvalue weighted by Crippen LogP contribution is 2.24. The van der Waals surface area contributed by atoms with Gasteiger partial charge in [-0.1, -0.05) is 42.1 Å². The average molecular weight is 323 g/mol. The van der Waals surface area contributed by atoms with E-state index in [0.29, 0.717) is 4.38 Å². The third kappa shape index (κ3) is 5.03. The first kappa shape index (κ1) is 17.5. The van der Waals surface area contributed by atoms with Gasteiger partial charge in [-0.3, -0.25) is 4.79 Å². The molecule has 6 heteroatoms. The molecule has 21 heavy (non-hydrogen) atoms. The smallest absolute Gasteiger partial charge is 0.330 e. The van der Waals surface area contributed by atoms with Crippen LogP contribution in [0.1, 0.15) is 25.5 Å². The molecule has 0 heterocycles. The first-order valence-corrected chi connectivity index (χ1v) is 7.94. The highest BCUT2D eigenvalue weighted by atomic mass is 32.2. The summed E-state index contributed by atoms with van der Waals surface area (Å²) in [5.74, 6) is -0.620. The summed E-state index contributed by atoms with van der Waals surface area (Å²) in [5, 5.41) is 9.24. The molecule has 4 nitrogen and oxygen atoms in total.